The first-order valence-corrected chi connectivity index (χ1v) is 4.79. The molecule has 0 aliphatic heterocycles. The predicted octanol–water partition coefficient (Wildman–Crippen LogP) is -2.46. The van der Waals surface area contributed by atoms with E-state index in [-0.39, 0.29) is 12.2 Å². The van der Waals surface area contributed by atoms with Crippen molar-refractivity contribution in [1.29, 1.82) is 0 Å². The Bertz CT molecular complexity index is 488. The normalized spacial score (nSPS) is 14.1. The van der Waals surface area contributed by atoms with E-state index in [9.17, 15) is 19.5 Å². The monoisotopic (exact) mass is 243 g/mol. The fourth-order valence-corrected chi connectivity index (χ4v) is 1.01. The van der Waals surface area contributed by atoms with Crippen molar-refractivity contribution < 1.29 is 15.0 Å². The summed E-state index contributed by atoms with van der Waals surface area (Å²) in [5.74, 6) is -0.720. The van der Waals surface area contributed by atoms with Crippen molar-refractivity contribution in [2.24, 2.45) is 0 Å². The van der Waals surface area contributed by atoms with Crippen molar-refractivity contribution in [2.75, 3.05) is 13.2 Å². The summed E-state index contributed by atoms with van der Waals surface area (Å²) in [6.07, 6.45) is 0. The lowest BCUT2D eigenvalue weighted by Crippen LogP contribution is -2.44. The number of amides is 1. The molecule has 5 N–H and O–H groups in total. The number of hydrogen-bond acceptors (Lipinski definition) is 5. The number of aromatic nitrogens is 2. The van der Waals surface area contributed by atoms with E-state index in [1.165, 1.54) is 6.92 Å². The SMILES string of the molecule is CC(O)(CO)CNC(=O)c1cc(=O)[nH]c(=O)[nH]1. The molecule has 0 saturated heterocycles. The fraction of sp³-hybridized carbons (Fsp3) is 0.444. The minimum absolute atomic E-state index is 0.211. The molecular weight excluding hydrogens is 230 g/mol. The molecule has 0 aromatic carbocycles. The van der Waals surface area contributed by atoms with Crippen LogP contribution in [-0.2, 0) is 0 Å². The quantitative estimate of drug-likeness (QED) is 0.399. The topological polar surface area (TPSA) is 135 Å². The van der Waals surface area contributed by atoms with Crippen LogP contribution in [0.15, 0.2) is 15.7 Å². The van der Waals surface area contributed by atoms with Crippen LogP contribution in [0, 0.1) is 0 Å². The molecule has 0 fully saturated rings. The van der Waals surface area contributed by atoms with Crippen LogP contribution >= 0.6 is 0 Å². The maximum absolute atomic E-state index is 11.5. The molecule has 1 aromatic rings. The zero-order valence-electron chi connectivity index (χ0n) is 9.11. The summed E-state index contributed by atoms with van der Waals surface area (Å²) < 4.78 is 0. The average Bonchev–Trinajstić information content (AvgIpc) is 2.24. The molecule has 17 heavy (non-hydrogen) atoms. The van der Waals surface area contributed by atoms with E-state index in [2.05, 4.69) is 10.3 Å². The number of carbonyl (C=O) groups excluding carboxylic acids is 1. The second-order valence-electron chi connectivity index (χ2n) is 3.84. The van der Waals surface area contributed by atoms with Crippen molar-refractivity contribution in [3.63, 3.8) is 0 Å². The Morgan fingerprint density at radius 2 is 2.12 bits per heavy atom. The van der Waals surface area contributed by atoms with Gasteiger partial charge in [-0.3, -0.25) is 14.6 Å². The van der Waals surface area contributed by atoms with Gasteiger partial charge in [-0.2, -0.15) is 0 Å². The van der Waals surface area contributed by atoms with E-state index < -0.39 is 29.4 Å². The van der Waals surface area contributed by atoms with E-state index in [4.69, 9.17) is 5.11 Å². The highest BCUT2D eigenvalue weighted by Gasteiger charge is 2.20. The first-order valence-electron chi connectivity index (χ1n) is 4.79. The van der Waals surface area contributed by atoms with Gasteiger partial charge in [-0.1, -0.05) is 0 Å². The lowest BCUT2D eigenvalue weighted by Gasteiger charge is -2.20. The summed E-state index contributed by atoms with van der Waals surface area (Å²) in [4.78, 5) is 37.4. The number of aliphatic hydroxyl groups excluding tert-OH is 1. The van der Waals surface area contributed by atoms with E-state index in [1.54, 1.807) is 0 Å². The molecule has 0 bridgehead atoms. The molecule has 94 valence electrons. The van der Waals surface area contributed by atoms with Gasteiger partial charge < -0.3 is 20.5 Å². The molecule has 1 aromatic heterocycles. The standard InChI is InChI=1S/C9H13N3O5/c1-9(17,4-13)3-10-7(15)5-2-6(14)12-8(16)11-5/h2,13,17H,3-4H2,1H3,(H,10,15)(H2,11,12,14,16). The number of aliphatic hydroxyl groups is 2. The molecular formula is C9H13N3O5. The van der Waals surface area contributed by atoms with Crippen LogP contribution < -0.4 is 16.6 Å². The van der Waals surface area contributed by atoms with Gasteiger partial charge in [0.05, 0.1) is 6.61 Å². The maximum atomic E-state index is 11.5. The molecule has 0 aliphatic carbocycles. The molecule has 1 unspecified atom stereocenters. The molecule has 0 spiro atoms. The Hall–Kier alpha value is -1.93. The van der Waals surface area contributed by atoms with Crippen molar-refractivity contribution in [2.45, 2.75) is 12.5 Å². The highest BCUT2D eigenvalue weighted by molar-refractivity contribution is 5.92. The molecule has 1 amide bonds. The number of H-pyrrole nitrogens is 2. The summed E-state index contributed by atoms with van der Waals surface area (Å²) in [5, 5.41) is 20.4. The molecule has 1 rings (SSSR count). The highest BCUT2D eigenvalue weighted by atomic mass is 16.3. The minimum Gasteiger partial charge on any atom is -0.393 e. The number of aromatic amines is 2. The molecule has 8 nitrogen and oxygen atoms in total. The summed E-state index contributed by atoms with van der Waals surface area (Å²) in [5.41, 5.74) is -3.17. The van der Waals surface area contributed by atoms with Crippen molar-refractivity contribution in [3.8, 4) is 0 Å². The summed E-state index contributed by atoms with van der Waals surface area (Å²) in [6.45, 7) is 0.587. The van der Waals surface area contributed by atoms with Gasteiger partial charge in [0.1, 0.15) is 11.3 Å². The average molecular weight is 243 g/mol. The maximum Gasteiger partial charge on any atom is 0.326 e. The van der Waals surface area contributed by atoms with Crippen LogP contribution in [-0.4, -0.2) is 44.8 Å². The van der Waals surface area contributed by atoms with Crippen LogP contribution in [0.3, 0.4) is 0 Å². The third-order valence-electron chi connectivity index (χ3n) is 1.98. The Morgan fingerprint density at radius 1 is 1.47 bits per heavy atom. The van der Waals surface area contributed by atoms with Crippen molar-refractivity contribution in [3.05, 3.63) is 32.6 Å². The van der Waals surface area contributed by atoms with Crippen LogP contribution in [0.4, 0.5) is 0 Å². The molecule has 0 saturated carbocycles. The number of hydrogen-bond donors (Lipinski definition) is 5. The van der Waals surface area contributed by atoms with E-state index >= 15 is 0 Å². The summed E-state index contributed by atoms with van der Waals surface area (Å²) in [6, 6.07) is 0.921. The Morgan fingerprint density at radius 3 is 2.65 bits per heavy atom. The zero-order chi connectivity index (χ0) is 13.1. The van der Waals surface area contributed by atoms with E-state index in [0.29, 0.717) is 0 Å². The van der Waals surface area contributed by atoms with Gasteiger partial charge in [0.25, 0.3) is 11.5 Å². The van der Waals surface area contributed by atoms with Crippen molar-refractivity contribution >= 4 is 5.91 Å². The van der Waals surface area contributed by atoms with Crippen LogP contribution in [0.1, 0.15) is 17.4 Å². The third kappa shape index (κ3) is 3.85. The summed E-state index contributed by atoms with van der Waals surface area (Å²) in [7, 11) is 0. The lowest BCUT2D eigenvalue weighted by atomic mass is 10.1. The second-order valence-corrected chi connectivity index (χ2v) is 3.84. The lowest BCUT2D eigenvalue weighted by molar-refractivity contribution is 0.00316. The van der Waals surface area contributed by atoms with Crippen LogP contribution in [0.2, 0.25) is 0 Å². The largest absolute Gasteiger partial charge is 0.393 e. The van der Waals surface area contributed by atoms with E-state index in [0.717, 1.165) is 6.07 Å². The van der Waals surface area contributed by atoms with Gasteiger partial charge in [0.2, 0.25) is 0 Å². The van der Waals surface area contributed by atoms with Gasteiger partial charge >= 0.3 is 5.69 Å². The van der Waals surface area contributed by atoms with Gasteiger partial charge in [-0.25, -0.2) is 4.79 Å². The molecule has 1 heterocycles. The smallest absolute Gasteiger partial charge is 0.326 e. The molecule has 1 atom stereocenters. The van der Waals surface area contributed by atoms with Crippen molar-refractivity contribution in [1.82, 2.24) is 15.3 Å². The first kappa shape index (κ1) is 13.1. The Kier molecular flexibility index (Phi) is 3.81. The fourth-order valence-electron chi connectivity index (χ4n) is 1.01. The van der Waals surface area contributed by atoms with Gasteiger partial charge in [0, 0.05) is 12.6 Å². The van der Waals surface area contributed by atoms with Crippen LogP contribution in [0.5, 0.6) is 0 Å². The summed E-state index contributed by atoms with van der Waals surface area (Å²) >= 11 is 0. The molecule has 0 radical (unpaired) electrons. The third-order valence-corrected chi connectivity index (χ3v) is 1.98. The first-order chi connectivity index (χ1) is 7.84. The van der Waals surface area contributed by atoms with Gasteiger partial charge in [-0.05, 0) is 6.92 Å². The molecule has 0 aliphatic rings. The minimum atomic E-state index is -1.46. The zero-order valence-corrected chi connectivity index (χ0v) is 9.11. The van der Waals surface area contributed by atoms with Crippen LogP contribution in [0.25, 0.3) is 0 Å². The second kappa shape index (κ2) is 4.93. The number of nitrogens with one attached hydrogen (secondary N) is 3. The van der Waals surface area contributed by atoms with Gasteiger partial charge in [-0.15, -0.1) is 0 Å². The Balaban J connectivity index is 2.77. The number of rotatable bonds is 4. The van der Waals surface area contributed by atoms with E-state index in [1.807, 2.05) is 4.98 Å². The predicted molar refractivity (Wildman–Crippen MR) is 57.7 cm³/mol. The molecule has 8 heteroatoms. The Labute approximate surface area is 95.3 Å². The highest BCUT2D eigenvalue weighted by Crippen LogP contribution is 1.99. The van der Waals surface area contributed by atoms with Gasteiger partial charge in [0.15, 0.2) is 0 Å². The number of carbonyl (C=O) groups is 1.